The molecule has 0 atom stereocenters. The van der Waals surface area contributed by atoms with Crippen molar-refractivity contribution in [3.63, 3.8) is 0 Å². The van der Waals surface area contributed by atoms with E-state index in [2.05, 4.69) is 10.3 Å². The summed E-state index contributed by atoms with van der Waals surface area (Å²) in [7, 11) is 0. The van der Waals surface area contributed by atoms with Crippen LogP contribution in [-0.4, -0.2) is 30.0 Å². The summed E-state index contributed by atoms with van der Waals surface area (Å²) in [5.74, 6) is -0.741. The van der Waals surface area contributed by atoms with Gasteiger partial charge in [0.2, 0.25) is 0 Å². The number of carbonyl (C=O) groups is 2. The summed E-state index contributed by atoms with van der Waals surface area (Å²) in [4.78, 5) is 26.8. The van der Waals surface area contributed by atoms with Crippen molar-refractivity contribution in [1.82, 2.24) is 10.3 Å². The number of fused-ring (bicyclic) bond motifs is 1. The van der Waals surface area contributed by atoms with E-state index in [1.807, 2.05) is 30.5 Å². The number of esters is 1. The van der Waals surface area contributed by atoms with E-state index >= 15 is 0 Å². The number of halogens is 1. The summed E-state index contributed by atoms with van der Waals surface area (Å²) in [5, 5.41) is 4.33. The fourth-order valence-corrected chi connectivity index (χ4v) is 2.87. The number of H-pyrrole nitrogens is 1. The topological polar surface area (TPSA) is 71.2 Å². The van der Waals surface area contributed by atoms with Gasteiger partial charge in [0.05, 0.1) is 6.61 Å². The molecule has 26 heavy (non-hydrogen) atoms. The Kier molecular flexibility index (Phi) is 5.92. The maximum Gasteiger partial charge on any atom is 0.325 e. The lowest BCUT2D eigenvalue weighted by atomic mass is 10.1. The van der Waals surface area contributed by atoms with Gasteiger partial charge in [0, 0.05) is 27.7 Å². The van der Waals surface area contributed by atoms with Crippen molar-refractivity contribution < 1.29 is 14.3 Å². The van der Waals surface area contributed by atoms with E-state index in [9.17, 15) is 9.59 Å². The Bertz CT molecular complexity index is 906. The molecule has 0 saturated carbocycles. The Morgan fingerprint density at radius 3 is 2.73 bits per heavy atom. The Morgan fingerprint density at radius 2 is 1.92 bits per heavy atom. The number of rotatable bonds is 7. The van der Waals surface area contributed by atoms with Crippen LogP contribution in [0.5, 0.6) is 0 Å². The van der Waals surface area contributed by atoms with Gasteiger partial charge in [0.1, 0.15) is 6.54 Å². The van der Waals surface area contributed by atoms with Gasteiger partial charge < -0.3 is 15.0 Å². The summed E-state index contributed by atoms with van der Waals surface area (Å²) < 4.78 is 5.17. The van der Waals surface area contributed by atoms with Crippen molar-refractivity contribution in [2.45, 2.75) is 12.8 Å². The molecule has 6 heteroatoms. The first-order chi connectivity index (χ1) is 12.6. The average Bonchev–Trinajstić information content (AvgIpc) is 3.06. The van der Waals surface area contributed by atoms with E-state index in [4.69, 9.17) is 16.3 Å². The first-order valence-electron chi connectivity index (χ1n) is 8.38. The van der Waals surface area contributed by atoms with Crippen LogP contribution < -0.4 is 5.32 Å². The first-order valence-corrected chi connectivity index (χ1v) is 8.75. The van der Waals surface area contributed by atoms with Gasteiger partial charge >= 0.3 is 5.97 Å². The van der Waals surface area contributed by atoms with E-state index < -0.39 is 5.97 Å². The Labute approximate surface area is 156 Å². The summed E-state index contributed by atoms with van der Waals surface area (Å²) in [6.07, 6.45) is 3.41. The van der Waals surface area contributed by atoms with Crippen molar-refractivity contribution in [3.8, 4) is 0 Å². The van der Waals surface area contributed by atoms with Crippen LogP contribution in [0.4, 0.5) is 0 Å². The number of hydrogen-bond acceptors (Lipinski definition) is 3. The van der Waals surface area contributed by atoms with Gasteiger partial charge in [-0.15, -0.1) is 0 Å². The van der Waals surface area contributed by atoms with Crippen molar-refractivity contribution in [2.75, 3.05) is 13.2 Å². The Hall–Kier alpha value is -2.79. The minimum absolute atomic E-state index is 0.142. The summed E-state index contributed by atoms with van der Waals surface area (Å²) in [6.45, 7) is 0.156. The van der Waals surface area contributed by atoms with Crippen LogP contribution in [0.25, 0.3) is 10.9 Å². The molecule has 0 spiro atoms. The van der Waals surface area contributed by atoms with Crippen molar-refractivity contribution in [2.24, 2.45) is 0 Å². The van der Waals surface area contributed by atoms with Crippen LogP contribution >= 0.6 is 11.6 Å². The van der Waals surface area contributed by atoms with Crippen LogP contribution in [0.3, 0.4) is 0 Å². The van der Waals surface area contributed by atoms with E-state index in [0.29, 0.717) is 23.6 Å². The molecule has 2 aromatic carbocycles. The van der Waals surface area contributed by atoms with Crippen LogP contribution in [0.15, 0.2) is 54.7 Å². The number of benzene rings is 2. The molecule has 134 valence electrons. The molecule has 1 heterocycles. The maximum absolute atomic E-state index is 11.9. The zero-order chi connectivity index (χ0) is 18.4. The Balaban J connectivity index is 1.40. The molecule has 0 saturated heterocycles. The largest absolute Gasteiger partial charge is 0.464 e. The van der Waals surface area contributed by atoms with Crippen LogP contribution in [0, 0.1) is 0 Å². The minimum atomic E-state index is -0.448. The molecular formula is C20H19ClN2O3. The number of aryl methyl sites for hydroxylation is 1. The molecule has 1 aromatic heterocycles. The molecule has 2 N–H and O–H groups in total. The van der Waals surface area contributed by atoms with Gasteiger partial charge in [0.25, 0.3) is 5.91 Å². The maximum atomic E-state index is 11.9. The molecule has 0 aliphatic heterocycles. The third-order valence-corrected chi connectivity index (χ3v) is 4.25. The van der Waals surface area contributed by atoms with Gasteiger partial charge in [-0.3, -0.25) is 9.59 Å². The van der Waals surface area contributed by atoms with E-state index in [-0.39, 0.29) is 12.5 Å². The van der Waals surface area contributed by atoms with E-state index in [1.165, 1.54) is 0 Å². The highest BCUT2D eigenvalue weighted by Crippen LogP contribution is 2.23. The molecule has 0 unspecified atom stereocenters. The molecule has 5 nitrogen and oxygen atoms in total. The third-order valence-electron chi connectivity index (χ3n) is 4.01. The molecule has 3 rings (SSSR count). The predicted octanol–water partition coefficient (Wildman–Crippen LogP) is 3.73. The zero-order valence-corrected chi connectivity index (χ0v) is 14.9. The van der Waals surface area contributed by atoms with Gasteiger partial charge in [-0.2, -0.15) is 0 Å². The zero-order valence-electron chi connectivity index (χ0n) is 14.1. The van der Waals surface area contributed by atoms with Gasteiger partial charge in [-0.1, -0.05) is 29.8 Å². The summed E-state index contributed by atoms with van der Waals surface area (Å²) in [5.41, 5.74) is 2.68. The number of aromatic amines is 1. The second-order valence-corrected chi connectivity index (χ2v) is 6.31. The van der Waals surface area contributed by atoms with Crippen molar-refractivity contribution in [1.29, 1.82) is 0 Å². The molecule has 0 bridgehead atoms. The lowest BCUT2D eigenvalue weighted by Crippen LogP contribution is -2.30. The second kappa shape index (κ2) is 8.54. The fraction of sp³-hybridized carbons (Fsp3) is 0.200. The number of nitrogens with one attached hydrogen (secondary N) is 2. The normalized spacial score (nSPS) is 10.7. The van der Waals surface area contributed by atoms with E-state index in [1.54, 1.807) is 24.3 Å². The second-order valence-electron chi connectivity index (χ2n) is 5.88. The number of carbonyl (C=O) groups excluding carboxylic acids is 2. The van der Waals surface area contributed by atoms with Crippen LogP contribution in [0.2, 0.25) is 5.02 Å². The highest BCUT2D eigenvalue weighted by atomic mass is 35.5. The Morgan fingerprint density at radius 1 is 1.12 bits per heavy atom. The molecule has 1 amide bonds. The van der Waals surface area contributed by atoms with Gasteiger partial charge in [-0.25, -0.2) is 0 Å². The smallest absolute Gasteiger partial charge is 0.325 e. The van der Waals surface area contributed by atoms with Gasteiger partial charge in [0.15, 0.2) is 0 Å². The number of hydrogen-bond donors (Lipinski definition) is 2. The third kappa shape index (κ3) is 4.64. The first kappa shape index (κ1) is 18.0. The molecular weight excluding hydrogens is 352 g/mol. The molecule has 0 fully saturated rings. The average molecular weight is 371 g/mol. The SMILES string of the molecule is O=C(CNC(=O)c1ccccc1)OCCCc1c[nH]c2ccc(Cl)cc12. The highest BCUT2D eigenvalue weighted by molar-refractivity contribution is 6.31. The lowest BCUT2D eigenvalue weighted by Gasteiger charge is -2.06. The van der Waals surface area contributed by atoms with Crippen LogP contribution in [0.1, 0.15) is 22.3 Å². The molecule has 3 aromatic rings. The summed E-state index contributed by atoms with van der Waals surface area (Å²) >= 11 is 6.04. The lowest BCUT2D eigenvalue weighted by molar-refractivity contribution is -0.142. The van der Waals surface area contributed by atoms with Crippen molar-refractivity contribution >= 4 is 34.4 Å². The fourth-order valence-electron chi connectivity index (χ4n) is 2.70. The monoisotopic (exact) mass is 370 g/mol. The van der Waals surface area contributed by atoms with Crippen LogP contribution in [-0.2, 0) is 16.0 Å². The molecule has 0 radical (unpaired) electrons. The number of ether oxygens (including phenoxy) is 1. The highest BCUT2D eigenvalue weighted by Gasteiger charge is 2.09. The predicted molar refractivity (Wildman–Crippen MR) is 101 cm³/mol. The minimum Gasteiger partial charge on any atom is -0.464 e. The van der Waals surface area contributed by atoms with Crippen molar-refractivity contribution in [3.05, 3.63) is 70.9 Å². The van der Waals surface area contributed by atoms with Gasteiger partial charge in [-0.05, 0) is 48.7 Å². The number of amides is 1. The molecule has 0 aliphatic rings. The van der Waals surface area contributed by atoms with E-state index in [0.717, 1.165) is 22.9 Å². The quantitative estimate of drug-likeness (QED) is 0.491. The molecule has 0 aliphatic carbocycles. The summed E-state index contributed by atoms with van der Waals surface area (Å²) in [6, 6.07) is 14.4. The number of aromatic nitrogens is 1. The standard InChI is InChI=1S/C20H19ClN2O3/c21-16-8-9-18-17(11-16)15(12-22-18)7-4-10-26-19(24)13-23-20(25)14-5-2-1-3-6-14/h1-3,5-6,8-9,11-12,22H,4,7,10,13H2,(H,23,25).